The SMILES string of the molecule is COc1ccc(-c2nc(-c3cccc(C)n3)nc3c2CCCCC3)cn1. The first-order valence-electron chi connectivity index (χ1n) is 9.09. The summed E-state index contributed by atoms with van der Waals surface area (Å²) >= 11 is 0. The Morgan fingerprint density at radius 2 is 1.81 bits per heavy atom. The van der Waals surface area contributed by atoms with Crippen LogP contribution in [0.2, 0.25) is 0 Å². The van der Waals surface area contributed by atoms with E-state index in [4.69, 9.17) is 14.7 Å². The number of nitrogens with zero attached hydrogens (tertiary/aromatic N) is 4. The summed E-state index contributed by atoms with van der Waals surface area (Å²) in [6, 6.07) is 9.86. The molecule has 132 valence electrons. The standard InChI is InChI=1S/C21H22N4O/c1-14-7-6-10-18(23-14)21-24-17-9-5-3-4-8-16(17)20(25-21)15-11-12-19(26-2)22-13-15/h6-7,10-13H,3-5,8-9H2,1-2H3. The molecule has 0 saturated heterocycles. The van der Waals surface area contributed by atoms with Crippen LogP contribution in [0.15, 0.2) is 36.5 Å². The lowest BCUT2D eigenvalue weighted by atomic mass is 10.0. The second-order valence-electron chi connectivity index (χ2n) is 6.64. The van der Waals surface area contributed by atoms with Crippen LogP contribution in [0.1, 0.15) is 36.2 Å². The topological polar surface area (TPSA) is 60.8 Å². The van der Waals surface area contributed by atoms with Crippen LogP contribution in [0.25, 0.3) is 22.8 Å². The Labute approximate surface area is 153 Å². The van der Waals surface area contributed by atoms with Gasteiger partial charge in [-0.25, -0.2) is 19.9 Å². The van der Waals surface area contributed by atoms with Gasteiger partial charge in [-0.3, -0.25) is 0 Å². The van der Waals surface area contributed by atoms with Crippen molar-refractivity contribution in [3.63, 3.8) is 0 Å². The van der Waals surface area contributed by atoms with Crippen molar-refractivity contribution in [3.8, 4) is 28.7 Å². The molecule has 5 nitrogen and oxygen atoms in total. The third kappa shape index (κ3) is 3.29. The maximum absolute atomic E-state index is 5.19. The molecule has 0 atom stereocenters. The predicted octanol–water partition coefficient (Wildman–Crippen LogP) is 4.19. The van der Waals surface area contributed by atoms with Gasteiger partial charge in [0.2, 0.25) is 5.88 Å². The van der Waals surface area contributed by atoms with Crippen LogP contribution in [0, 0.1) is 6.92 Å². The maximum Gasteiger partial charge on any atom is 0.212 e. The van der Waals surface area contributed by atoms with Gasteiger partial charge < -0.3 is 4.74 Å². The van der Waals surface area contributed by atoms with Crippen molar-refractivity contribution in [1.29, 1.82) is 0 Å². The number of methoxy groups -OCH3 is 1. The van der Waals surface area contributed by atoms with Gasteiger partial charge in [-0.2, -0.15) is 0 Å². The number of hydrogen-bond acceptors (Lipinski definition) is 5. The van der Waals surface area contributed by atoms with Gasteiger partial charge in [-0.15, -0.1) is 0 Å². The zero-order valence-electron chi connectivity index (χ0n) is 15.2. The summed E-state index contributed by atoms with van der Waals surface area (Å²) in [5, 5.41) is 0. The van der Waals surface area contributed by atoms with Gasteiger partial charge in [0.25, 0.3) is 0 Å². The van der Waals surface area contributed by atoms with Crippen molar-refractivity contribution in [1.82, 2.24) is 19.9 Å². The molecule has 1 aliphatic rings. The van der Waals surface area contributed by atoms with Crippen molar-refractivity contribution in [3.05, 3.63) is 53.5 Å². The minimum Gasteiger partial charge on any atom is -0.481 e. The van der Waals surface area contributed by atoms with E-state index in [1.165, 1.54) is 24.8 Å². The van der Waals surface area contributed by atoms with E-state index in [0.717, 1.165) is 41.2 Å². The second kappa shape index (κ2) is 7.20. The molecule has 1 aliphatic carbocycles. The largest absolute Gasteiger partial charge is 0.481 e. The van der Waals surface area contributed by atoms with E-state index < -0.39 is 0 Å². The fourth-order valence-electron chi connectivity index (χ4n) is 3.43. The summed E-state index contributed by atoms with van der Waals surface area (Å²) in [6.45, 7) is 1.99. The molecular weight excluding hydrogens is 324 g/mol. The van der Waals surface area contributed by atoms with Crippen LogP contribution >= 0.6 is 0 Å². The Balaban J connectivity index is 1.88. The average Bonchev–Trinajstić information content (AvgIpc) is 2.93. The Hall–Kier alpha value is -2.82. The summed E-state index contributed by atoms with van der Waals surface area (Å²) in [4.78, 5) is 18.8. The van der Waals surface area contributed by atoms with E-state index in [1.54, 1.807) is 7.11 Å². The fourth-order valence-corrected chi connectivity index (χ4v) is 3.43. The maximum atomic E-state index is 5.19. The molecule has 3 heterocycles. The zero-order valence-corrected chi connectivity index (χ0v) is 15.2. The van der Waals surface area contributed by atoms with Crippen molar-refractivity contribution in [2.24, 2.45) is 0 Å². The lowest BCUT2D eigenvalue weighted by Gasteiger charge is -2.14. The molecule has 0 saturated carbocycles. The zero-order chi connectivity index (χ0) is 17.9. The lowest BCUT2D eigenvalue weighted by molar-refractivity contribution is 0.398. The van der Waals surface area contributed by atoms with Crippen LogP contribution in [0.3, 0.4) is 0 Å². The summed E-state index contributed by atoms with van der Waals surface area (Å²) < 4.78 is 5.19. The molecule has 3 aromatic heterocycles. The molecule has 0 bridgehead atoms. The van der Waals surface area contributed by atoms with E-state index in [1.807, 2.05) is 43.5 Å². The predicted molar refractivity (Wildman–Crippen MR) is 101 cm³/mol. The van der Waals surface area contributed by atoms with E-state index in [9.17, 15) is 0 Å². The lowest BCUT2D eigenvalue weighted by Crippen LogP contribution is -2.05. The number of aryl methyl sites for hydroxylation is 2. The van der Waals surface area contributed by atoms with Gasteiger partial charge in [0.05, 0.1) is 12.8 Å². The Kier molecular flexibility index (Phi) is 4.61. The van der Waals surface area contributed by atoms with Crippen LogP contribution in [0.4, 0.5) is 0 Å². The minimum atomic E-state index is 0.606. The number of aromatic nitrogens is 4. The highest BCUT2D eigenvalue weighted by atomic mass is 16.5. The van der Waals surface area contributed by atoms with Gasteiger partial charge in [-0.05, 0) is 50.8 Å². The molecule has 5 heteroatoms. The van der Waals surface area contributed by atoms with E-state index in [2.05, 4.69) is 9.97 Å². The first-order chi connectivity index (χ1) is 12.7. The summed E-state index contributed by atoms with van der Waals surface area (Å²) in [7, 11) is 1.63. The van der Waals surface area contributed by atoms with Crippen LogP contribution < -0.4 is 4.74 Å². The normalized spacial score (nSPS) is 13.8. The Bertz CT molecular complexity index is 922. The summed E-state index contributed by atoms with van der Waals surface area (Å²) in [5.41, 5.74) is 6.17. The van der Waals surface area contributed by atoms with Gasteiger partial charge >= 0.3 is 0 Å². The molecule has 0 aromatic carbocycles. The van der Waals surface area contributed by atoms with Crippen LogP contribution in [-0.4, -0.2) is 27.0 Å². The molecule has 0 N–H and O–H groups in total. The Morgan fingerprint density at radius 1 is 0.923 bits per heavy atom. The van der Waals surface area contributed by atoms with Crippen LogP contribution in [0.5, 0.6) is 5.88 Å². The van der Waals surface area contributed by atoms with Gasteiger partial charge in [0.15, 0.2) is 5.82 Å². The highest BCUT2D eigenvalue weighted by Crippen LogP contribution is 2.31. The average molecular weight is 346 g/mol. The molecule has 0 amide bonds. The second-order valence-corrected chi connectivity index (χ2v) is 6.64. The highest BCUT2D eigenvalue weighted by Gasteiger charge is 2.19. The highest BCUT2D eigenvalue weighted by molar-refractivity contribution is 5.66. The molecule has 0 radical (unpaired) electrons. The third-order valence-electron chi connectivity index (χ3n) is 4.77. The quantitative estimate of drug-likeness (QED) is 0.666. The molecule has 0 aliphatic heterocycles. The summed E-state index contributed by atoms with van der Waals surface area (Å²) in [6.07, 6.45) is 7.42. The van der Waals surface area contributed by atoms with Crippen molar-refractivity contribution in [2.45, 2.75) is 39.0 Å². The number of fused-ring (bicyclic) bond motifs is 1. The molecule has 4 rings (SSSR count). The van der Waals surface area contributed by atoms with E-state index >= 15 is 0 Å². The third-order valence-corrected chi connectivity index (χ3v) is 4.77. The molecule has 0 unspecified atom stereocenters. The molecule has 0 fully saturated rings. The molecular formula is C21H22N4O. The van der Waals surface area contributed by atoms with Gasteiger partial charge in [0, 0.05) is 34.8 Å². The van der Waals surface area contributed by atoms with Crippen molar-refractivity contribution < 1.29 is 4.74 Å². The Morgan fingerprint density at radius 3 is 2.58 bits per heavy atom. The number of pyridine rings is 2. The van der Waals surface area contributed by atoms with Crippen molar-refractivity contribution >= 4 is 0 Å². The van der Waals surface area contributed by atoms with E-state index in [0.29, 0.717) is 11.7 Å². The van der Waals surface area contributed by atoms with Crippen molar-refractivity contribution in [2.75, 3.05) is 7.11 Å². The van der Waals surface area contributed by atoms with Gasteiger partial charge in [0.1, 0.15) is 5.69 Å². The van der Waals surface area contributed by atoms with E-state index in [-0.39, 0.29) is 0 Å². The first-order valence-corrected chi connectivity index (χ1v) is 9.09. The fraction of sp³-hybridized carbons (Fsp3) is 0.333. The minimum absolute atomic E-state index is 0.606. The summed E-state index contributed by atoms with van der Waals surface area (Å²) in [5.74, 6) is 1.30. The van der Waals surface area contributed by atoms with Crippen LogP contribution in [-0.2, 0) is 12.8 Å². The molecule has 0 spiro atoms. The monoisotopic (exact) mass is 346 g/mol. The number of ether oxygens (including phenoxy) is 1. The number of hydrogen-bond donors (Lipinski definition) is 0. The first kappa shape index (κ1) is 16.6. The molecule has 26 heavy (non-hydrogen) atoms. The van der Waals surface area contributed by atoms with Gasteiger partial charge in [-0.1, -0.05) is 12.5 Å². The smallest absolute Gasteiger partial charge is 0.212 e. The number of rotatable bonds is 3. The molecule has 3 aromatic rings.